The first-order valence-corrected chi connectivity index (χ1v) is 12.5. The molecule has 134 valence electrons. The van der Waals surface area contributed by atoms with Crippen molar-refractivity contribution < 1.29 is 0 Å². The van der Waals surface area contributed by atoms with Crippen molar-refractivity contribution in [3.05, 3.63) is 121 Å². The second kappa shape index (κ2) is 7.40. The van der Waals surface area contributed by atoms with Gasteiger partial charge in [-0.2, -0.15) is 0 Å². The van der Waals surface area contributed by atoms with Gasteiger partial charge in [0, 0.05) is 0 Å². The summed E-state index contributed by atoms with van der Waals surface area (Å²) in [5.41, 5.74) is 0. The van der Waals surface area contributed by atoms with Crippen LogP contribution in [0, 0.1) is 0 Å². The van der Waals surface area contributed by atoms with Crippen molar-refractivity contribution in [2.45, 2.75) is 0 Å². The van der Waals surface area contributed by atoms with Gasteiger partial charge in [-0.25, -0.2) is 0 Å². The number of hydrogen-bond acceptors (Lipinski definition) is 0. The van der Waals surface area contributed by atoms with Crippen molar-refractivity contribution >= 4 is 37.1 Å². The Balaban J connectivity index is 2.27. The first kappa shape index (κ1) is 18.1. The molecule has 0 radical (unpaired) electrons. The van der Waals surface area contributed by atoms with Crippen LogP contribution in [0.1, 0.15) is 0 Å². The normalized spacial score (nSPS) is 12.9. The third kappa shape index (κ3) is 2.60. The Kier molecular flexibility index (Phi) is 4.96. The zero-order valence-corrected chi connectivity index (χ0v) is 17.3. The van der Waals surface area contributed by atoms with Crippen LogP contribution < -0.4 is 21.2 Å². The summed E-state index contributed by atoms with van der Waals surface area (Å²) in [5, 5.41) is 5.62. The Labute approximate surface area is 164 Å². The zero-order chi connectivity index (χ0) is 18.6. The molecule has 1 unspecified atom stereocenters. The second-order valence-corrected chi connectivity index (χ2v) is 13.0. The van der Waals surface area contributed by atoms with E-state index in [0.717, 1.165) is 5.90 Å². The van der Waals surface area contributed by atoms with Gasteiger partial charge in [-0.05, 0) is 0 Å². The zero-order valence-electron chi connectivity index (χ0n) is 15.3. The van der Waals surface area contributed by atoms with Gasteiger partial charge in [0.2, 0.25) is 0 Å². The number of hydrogen-bond donors (Lipinski definition) is 0. The molecule has 4 aromatic carbocycles. The molecule has 1 atom stereocenters. The first-order chi connectivity index (χ1) is 13.3. The summed E-state index contributed by atoms with van der Waals surface area (Å²) in [4.78, 5) is 0. The molecule has 0 saturated heterocycles. The van der Waals surface area contributed by atoms with Gasteiger partial charge in [0.15, 0.2) is 0 Å². The molecule has 0 amide bonds. The fraction of sp³-hybridized carbons (Fsp3) is 0.0400. The van der Waals surface area contributed by atoms with Crippen molar-refractivity contribution in [2.75, 3.05) is 5.90 Å². The van der Waals surface area contributed by atoms with Crippen molar-refractivity contribution in [3.63, 3.8) is 0 Å². The van der Waals surface area contributed by atoms with Gasteiger partial charge < -0.3 is 0 Å². The van der Waals surface area contributed by atoms with Crippen molar-refractivity contribution in [2.24, 2.45) is 0 Å². The van der Waals surface area contributed by atoms with E-state index < -0.39 is 6.60 Å². The molecule has 4 aromatic rings. The van der Waals surface area contributed by atoms with Crippen LogP contribution in [-0.2, 0) is 0 Å². The molecule has 0 bridgehead atoms. The first-order valence-electron chi connectivity index (χ1n) is 9.26. The Morgan fingerprint density at radius 2 is 0.630 bits per heavy atom. The number of rotatable bonds is 5. The third-order valence-electron chi connectivity index (χ3n) is 5.67. The van der Waals surface area contributed by atoms with Gasteiger partial charge in [0.25, 0.3) is 0 Å². The summed E-state index contributed by atoms with van der Waals surface area (Å²) in [6.45, 7) is -2.88. The molecule has 0 spiro atoms. The van der Waals surface area contributed by atoms with Gasteiger partial charge in [-0.15, -0.1) is 0 Å². The van der Waals surface area contributed by atoms with E-state index in [1.54, 1.807) is 0 Å². The van der Waals surface area contributed by atoms with Crippen molar-refractivity contribution in [1.29, 1.82) is 0 Å². The minimum atomic E-state index is -2.88. The van der Waals surface area contributed by atoms with Crippen LogP contribution in [0.25, 0.3) is 0 Å². The second-order valence-electron chi connectivity index (χ2n) is 6.83. The molecular formula is C25H24P2. The van der Waals surface area contributed by atoms with Crippen LogP contribution in [0.4, 0.5) is 0 Å². The maximum absolute atomic E-state index is 3.10. The SMILES string of the molecule is PCP(c1ccccc1)(c1ccccc1)(c1ccccc1)c1ccccc1. The van der Waals surface area contributed by atoms with Gasteiger partial charge >= 0.3 is 164 Å². The summed E-state index contributed by atoms with van der Waals surface area (Å²) in [5.74, 6) is 0.966. The Morgan fingerprint density at radius 1 is 0.407 bits per heavy atom. The molecule has 2 heteroatoms. The van der Waals surface area contributed by atoms with E-state index in [4.69, 9.17) is 0 Å². The van der Waals surface area contributed by atoms with E-state index in [-0.39, 0.29) is 0 Å². The van der Waals surface area contributed by atoms with Crippen LogP contribution in [0.15, 0.2) is 121 Å². The fourth-order valence-electron chi connectivity index (χ4n) is 4.34. The van der Waals surface area contributed by atoms with Crippen LogP contribution in [0.5, 0.6) is 0 Å². The molecule has 0 heterocycles. The molecule has 0 aliphatic rings. The van der Waals surface area contributed by atoms with Crippen LogP contribution in [-0.4, -0.2) is 5.90 Å². The minimum absolute atomic E-state index is 0.966. The van der Waals surface area contributed by atoms with Crippen LogP contribution in [0.3, 0.4) is 0 Å². The average molecular weight is 386 g/mol. The van der Waals surface area contributed by atoms with Crippen molar-refractivity contribution in [1.82, 2.24) is 0 Å². The van der Waals surface area contributed by atoms with Gasteiger partial charge in [0.1, 0.15) is 0 Å². The molecule has 0 fully saturated rings. The van der Waals surface area contributed by atoms with E-state index in [0.29, 0.717) is 0 Å². The molecule has 0 N–H and O–H groups in total. The third-order valence-corrected chi connectivity index (χ3v) is 14.3. The maximum atomic E-state index is 3.10. The van der Waals surface area contributed by atoms with E-state index in [1.165, 1.54) is 21.2 Å². The molecule has 0 nitrogen and oxygen atoms in total. The Morgan fingerprint density at radius 3 is 0.815 bits per heavy atom. The van der Waals surface area contributed by atoms with Crippen LogP contribution >= 0.6 is 15.8 Å². The molecule has 27 heavy (non-hydrogen) atoms. The topological polar surface area (TPSA) is 0 Å². The summed E-state index contributed by atoms with van der Waals surface area (Å²) in [6.07, 6.45) is 0. The fourth-order valence-corrected chi connectivity index (χ4v) is 12.8. The van der Waals surface area contributed by atoms with E-state index in [2.05, 4.69) is 131 Å². The van der Waals surface area contributed by atoms with Crippen LogP contribution in [0.2, 0.25) is 0 Å². The summed E-state index contributed by atoms with van der Waals surface area (Å²) >= 11 is 0. The molecule has 0 aliphatic heterocycles. The predicted octanol–water partition coefficient (Wildman–Crippen LogP) is 4.67. The quantitative estimate of drug-likeness (QED) is 0.437. The van der Waals surface area contributed by atoms with Crippen molar-refractivity contribution in [3.8, 4) is 0 Å². The number of benzene rings is 4. The van der Waals surface area contributed by atoms with Gasteiger partial charge in [-0.1, -0.05) is 0 Å². The van der Waals surface area contributed by atoms with Gasteiger partial charge in [-0.3, -0.25) is 0 Å². The molecule has 4 rings (SSSR count). The van der Waals surface area contributed by atoms with Gasteiger partial charge in [0.05, 0.1) is 0 Å². The van der Waals surface area contributed by atoms with E-state index in [1.807, 2.05) is 0 Å². The summed E-state index contributed by atoms with van der Waals surface area (Å²) in [6, 6.07) is 44.3. The van der Waals surface area contributed by atoms with E-state index >= 15 is 0 Å². The standard InChI is InChI=1S/C25H24P2/c26-21-27(22-13-5-1-6-14-22,23-15-7-2-8-16-23,24-17-9-3-10-18-24)25-19-11-4-12-20-25/h1-20H,21,26H2. The molecular weight excluding hydrogens is 362 g/mol. The average Bonchev–Trinajstić information content (AvgIpc) is 2.78. The summed E-state index contributed by atoms with van der Waals surface area (Å²) in [7, 11) is 3.10. The van der Waals surface area contributed by atoms with E-state index in [9.17, 15) is 0 Å². The Hall–Kier alpha value is -2.26. The Bertz CT molecular complexity index is 828. The molecule has 0 aromatic heterocycles. The monoisotopic (exact) mass is 386 g/mol. The summed E-state index contributed by atoms with van der Waals surface area (Å²) < 4.78 is 0. The predicted molar refractivity (Wildman–Crippen MR) is 126 cm³/mol. The molecule has 0 saturated carbocycles. The molecule has 0 aliphatic carbocycles.